The summed E-state index contributed by atoms with van der Waals surface area (Å²) in [5, 5.41) is 4.60. The van der Waals surface area contributed by atoms with Gasteiger partial charge < -0.3 is 10.3 Å². The van der Waals surface area contributed by atoms with Crippen LogP contribution in [-0.2, 0) is 10.5 Å². The van der Waals surface area contributed by atoms with Gasteiger partial charge in [0.15, 0.2) is 10.9 Å². The molecule has 0 radical (unpaired) electrons. The maximum atomic E-state index is 13.3. The van der Waals surface area contributed by atoms with Crippen LogP contribution in [0.2, 0.25) is 5.02 Å². The van der Waals surface area contributed by atoms with Crippen LogP contribution in [0.15, 0.2) is 75.8 Å². The van der Waals surface area contributed by atoms with E-state index in [-0.39, 0.29) is 16.8 Å². The van der Waals surface area contributed by atoms with E-state index in [1.807, 2.05) is 54.6 Å². The molecule has 5 rings (SSSR count). The van der Waals surface area contributed by atoms with E-state index in [1.165, 1.54) is 11.8 Å². The fourth-order valence-electron chi connectivity index (χ4n) is 4.67. The summed E-state index contributed by atoms with van der Waals surface area (Å²) in [4.78, 5) is 34.3. The Hall–Kier alpha value is -2.83. The fourth-order valence-corrected chi connectivity index (χ4v) is 5.62. The fraction of sp³-hybridized carbons (Fsp3) is 0.269. The van der Waals surface area contributed by atoms with Gasteiger partial charge in [-0.1, -0.05) is 79.7 Å². The van der Waals surface area contributed by atoms with Crippen molar-refractivity contribution in [2.24, 2.45) is 5.41 Å². The van der Waals surface area contributed by atoms with Crippen molar-refractivity contribution in [1.82, 2.24) is 9.97 Å². The van der Waals surface area contributed by atoms with Crippen molar-refractivity contribution in [2.45, 2.75) is 43.5 Å². The number of Topliss-reactive ketones (excluding diaryl/α,β-unsaturated/α-hetero) is 1. The summed E-state index contributed by atoms with van der Waals surface area (Å²) in [7, 11) is 0. The van der Waals surface area contributed by atoms with Crippen LogP contribution in [0.1, 0.15) is 49.3 Å². The van der Waals surface area contributed by atoms with Crippen molar-refractivity contribution in [2.75, 3.05) is 5.32 Å². The Bertz CT molecular complexity index is 1310. The lowest BCUT2D eigenvalue weighted by Crippen LogP contribution is -2.37. The average molecular weight is 478 g/mol. The van der Waals surface area contributed by atoms with Crippen LogP contribution in [0.5, 0.6) is 0 Å². The van der Waals surface area contributed by atoms with E-state index in [2.05, 4.69) is 24.1 Å². The molecule has 1 aliphatic heterocycles. The van der Waals surface area contributed by atoms with E-state index in [1.54, 1.807) is 0 Å². The van der Waals surface area contributed by atoms with Crippen LogP contribution >= 0.6 is 23.4 Å². The van der Waals surface area contributed by atoms with E-state index in [4.69, 9.17) is 16.6 Å². The van der Waals surface area contributed by atoms with Gasteiger partial charge in [0.25, 0.3) is 5.56 Å². The molecule has 1 atom stereocenters. The van der Waals surface area contributed by atoms with E-state index in [0.29, 0.717) is 39.3 Å². The Morgan fingerprint density at radius 2 is 1.79 bits per heavy atom. The first-order valence-corrected chi connectivity index (χ1v) is 12.3. The Kier molecular flexibility index (Phi) is 5.67. The Morgan fingerprint density at radius 1 is 1.06 bits per heavy atom. The number of aromatic amines is 1. The van der Waals surface area contributed by atoms with Crippen LogP contribution in [0.3, 0.4) is 0 Å². The van der Waals surface area contributed by atoms with Gasteiger partial charge in [0.05, 0.1) is 5.56 Å². The quantitative estimate of drug-likeness (QED) is 0.360. The summed E-state index contributed by atoms with van der Waals surface area (Å²) in [6.45, 7) is 4.20. The van der Waals surface area contributed by atoms with Crippen molar-refractivity contribution >= 4 is 35.0 Å². The number of fused-ring (bicyclic) bond motifs is 1. The number of H-pyrrole nitrogens is 1. The second-order valence-electron chi connectivity index (χ2n) is 9.35. The highest BCUT2D eigenvalue weighted by atomic mass is 35.5. The molecule has 0 bridgehead atoms. The third kappa shape index (κ3) is 4.37. The molecule has 0 unspecified atom stereocenters. The van der Waals surface area contributed by atoms with Crippen LogP contribution < -0.4 is 10.9 Å². The Morgan fingerprint density at radius 3 is 2.52 bits per heavy atom. The minimum atomic E-state index is -0.424. The zero-order valence-electron chi connectivity index (χ0n) is 18.4. The first-order valence-electron chi connectivity index (χ1n) is 10.9. The van der Waals surface area contributed by atoms with Gasteiger partial charge in [0, 0.05) is 34.4 Å². The topological polar surface area (TPSA) is 74.8 Å². The second-order valence-corrected chi connectivity index (χ2v) is 10.8. The Labute approximate surface area is 201 Å². The number of halogens is 1. The lowest BCUT2D eigenvalue weighted by atomic mass is 9.69. The normalized spacial score (nSPS) is 19.0. The molecule has 7 heteroatoms. The first kappa shape index (κ1) is 22.0. The molecule has 168 valence electrons. The third-order valence-corrected chi connectivity index (χ3v) is 7.32. The molecule has 2 N–H and O–H groups in total. The molecular weight excluding hydrogens is 454 g/mol. The minimum absolute atomic E-state index is 0.0915. The summed E-state index contributed by atoms with van der Waals surface area (Å²) in [5.41, 5.74) is 3.73. The molecule has 33 heavy (non-hydrogen) atoms. The largest absolute Gasteiger partial charge is 0.343 e. The molecule has 2 aliphatic rings. The number of carbonyl (C=O) groups is 1. The molecule has 2 aromatic carbocycles. The zero-order valence-corrected chi connectivity index (χ0v) is 20.0. The maximum absolute atomic E-state index is 13.3. The summed E-state index contributed by atoms with van der Waals surface area (Å²) >= 11 is 7.44. The van der Waals surface area contributed by atoms with Gasteiger partial charge in [-0.3, -0.25) is 9.59 Å². The Balaban J connectivity index is 1.56. The number of rotatable bonds is 4. The van der Waals surface area contributed by atoms with Crippen molar-refractivity contribution in [3.8, 4) is 0 Å². The summed E-state index contributed by atoms with van der Waals surface area (Å²) in [5.74, 6) is 0.859. The van der Waals surface area contributed by atoms with Crippen LogP contribution in [0.4, 0.5) is 5.82 Å². The molecule has 0 saturated heterocycles. The lowest BCUT2D eigenvalue weighted by molar-refractivity contribution is -0.118. The molecule has 0 saturated carbocycles. The zero-order chi connectivity index (χ0) is 23.2. The number of carbonyl (C=O) groups excluding carboxylic acids is 1. The summed E-state index contributed by atoms with van der Waals surface area (Å²) in [6.07, 6.45) is 1.20. The van der Waals surface area contributed by atoms with Crippen LogP contribution in [0, 0.1) is 5.41 Å². The van der Waals surface area contributed by atoms with Crippen LogP contribution in [-0.4, -0.2) is 15.8 Å². The van der Waals surface area contributed by atoms with E-state index >= 15 is 0 Å². The molecule has 1 aliphatic carbocycles. The van der Waals surface area contributed by atoms with Crippen molar-refractivity contribution in [3.05, 3.63) is 97.9 Å². The summed E-state index contributed by atoms with van der Waals surface area (Å²) in [6, 6.07) is 17.4. The molecule has 0 spiro atoms. The van der Waals surface area contributed by atoms with Crippen molar-refractivity contribution in [1.29, 1.82) is 0 Å². The number of aromatic nitrogens is 2. The van der Waals surface area contributed by atoms with Crippen molar-refractivity contribution < 1.29 is 4.79 Å². The molecule has 3 aromatic rings. The standard InChI is InChI=1S/C26H24ClN3O2S/c1-26(2)12-18-21(19(31)13-26)20(16-6-4-3-5-7-16)22-23(28-18)29-25(30-24(22)32)33-14-15-8-10-17(27)11-9-15/h3-11,20H,12-14H2,1-2H3,(H2,28,29,30,32)/t20-/m0/s1. The molecule has 1 aromatic heterocycles. The summed E-state index contributed by atoms with van der Waals surface area (Å²) < 4.78 is 0. The van der Waals surface area contributed by atoms with E-state index in [9.17, 15) is 9.59 Å². The maximum Gasteiger partial charge on any atom is 0.257 e. The predicted molar refractivity (Wildman–Crippen MR) is 133 cm³/mol. The monoisotopic (exact) mass is 477 g/mol. The number of nitrogens with zero attached hydrogens (tertiary/aromatic N) is 1. The van der Waals surface area contributed by atoms with E-state index in [0.717, 1.165) is 23.2 Å². The third-order valence-electron chi connectivity index (χ3n) is 6.12. The number of anilines is 1. The molecular formula is C26H24ClN3O2S. The molecule has 2 heterocycles. The number of hydrogen-bond donors (Lipinski definition) is 2. The number of hydrogen-bond acceptors (Lipinski definition) is 5. The van der Waals surface area contributed by atoms with Gasteiger partial charge in [-0.05, 0) is 35.1 Å². The first-order chi connectivity index (χ1) is 15.8. The van der Waals surface area contributed by atoms with Gasteiger partial charge in [0.1, 0.15) is 5.82 Å². The van der Waals surface area contributed by atoms with Gasteiger partial charge in [-0.15, -0.1) is 0 Å². The highest BCUT2D eigenvalue weighted by Gasteiger charge is 2.42. The number of ketones is 1. The highest BCUT2D eigenvalue weighted by Crippen LogP contribution is 2.47. The SMILES string of the molecule is CC1(C)CC(=O)C2=C(C1)Nc1nc(SCc3ccc(Cl)cc3)[nH]c(=O)c1[C@H]2c1ccccc1. The van der Waals surface area contributed by atoms with E-state index < -0.39 is 5.92 Å². The average Bonchev–Trinajstić information content (AvgIpc) is 2.77. The van der Waals surface area contributed by atoms with Gasteiger partial charge >= 0.3 is 0 Å². The molecule has 5 nitrogen and oxygen atoms in total. The molecule has 0 fully saturated rings. The van der Waals surface area contributed by atoms with Gasteiger partial charge in [-0.25, -0.2) is 4.98 Å². The number of benzene rings is 2. The number of allylic oxidation sites excluding steroid dienone is 2. The highest BCUT2D eigenvalue weighted by molar-refractivity contribution is 7.98. The van der Waals surface area contributed by atoms with Crippen LogP contribution in [0.25, 0.3) is 0 Å². The minimum Gasteiger partial charge on any atom is -0.343 e. The lowest BCUT2D eigenvalue weighted by Gasteiger charge is -2.38. The predicted octanol–water partition coefficient (Wildman–Crippen LogP) is 5.92. The number of nitrogens with one attached hydrogen (secondary N) is 2. The smallest absolute Gasteiger partial charge is 0.257 e. The van der Waals surface area contributed by atoms with Crippen molar-refractivity contribution in [3.63, 3.8) is 0 Å². The van der Waals surface area contributed by atoms with Gasteiger partial charge in [-0.2, -0.15) is 0 Å². The molecule has 0 amide bonds. The van der Waals surface area contributed by atoms with Gasteiger partial charge in [0.2, 0.25) is 0 Å². The second kappa shape index (κ2) is 8.50. The number of thioether (sulfide) groups is 1.